The smallest absolute Gasteiger partial charge is 0.0519 e. The summed E-state index contributed by atoms with van der Waals surface area (Å²) in [6, 6.07) is 17.5. The Hall–Kier alpha value is -1.28. The summed E-state index contributed by atoms with van der Waals surface area (Å²) >= 11 is 3.53. The highest BCUT2D eigenvalue weighted by molar-refractivity contribution is 9.10. The molecule has 0 fully saturated rings. The van der Waals surface area contributed by atoms with Crippen LogP contribution in [0.15, 0.2) is 53.0 Å². The fourth-order valence-corrected chi connectivity index (χ4v) is 2.88. The topological polar surface area (TPSA) is 12.0 Å². The quantitative estimate of drug-likeness (QED) is 0.855. The number of hydrogen-bond donors (Lipinski definition) is 1. The Morgan fingerprint density at radius 3 is 2.71 bits per heavy atom. The van der Waals surface area contributed by atoms with Crippen LogP contribution in [-0.2, 0) is 6.42 Å². The molecule has 0 radical (unpaired) electrons. The van der Waals surface area contributed by atoms with Crippen molar-refractivity contribution in [3.05, 3.63) is 64.1 Å². The molecule has 1 aliphatic rings. The molecule has 1 nitrogen and oxygen atoms in total. The summed E-state index contributed by atoms with van der Waals surface area (Å²) in [6.07, 6.45) is 2.35. The van der Waals surface area contributed by atoms with Crippen molar-refractivity contribution in [2.45, 2.75) is 18.9 Å². The molecule has 86 valence electrons. The van der Waals surface area contributed by atoms with E-state index in [0.717, 1.165) is 0 Å². The van der Waals surface area contributed by atoms with Crippen LogP contribution in [0, 0.1) is 0 Å². The fraction of sp³-hybridized carbons (Fsp3) is 0.200. The molecule has 0 saturated carbocycles. The van der Waals surface area contributed by atoms with Gasteiger partial charge < -0.3 is 5.32 Å². The molecule has 17 heavy (non-hydrogen) atoms. The van der Waals surface area contributed by atoms with E-state index in [4.69, 9.17) is 0 Å². The Morgan fingerprint density at radius 1 is 1.06 bits per heavy atom. The zero-order valence-electron chi connectivity index (χ0n) is 9.49. The Bertz CT molecular complexity index is 522. The first-order valence-corrected chi connectivity index (χ1v) is 6.72. The van der Waals surface area contributed by atoms with Crippen LogP contribution in [0.25, 0.3) is 0 Å². The van der Waals surface area contributed by atoms with Gasteiger partial charge in [-0.2, -0.15) is 0 Å². The normalized spacial score (nSPS) is 17.8. The van der Waals surface area contributed by atoms with Crippen molar-refractivity contribution in [2.75, 3.05) is 5.32 Å². The molecular weight excluding hydrogens is 274 g/mol. The minimum atomic E-state index is 0.459. The van der Waals surface area contributed by atoms with E-state index in [0.29, 0.717) is 6.04 Å². The first-order valence-electron chi connectivity index (χ1n) is 5.93. The van der Waals surface area contributed by atoms with E-state index in [2.05, 4.69) is 63.7 Å². The molecule has 0 heterocycles. The minimum absolute atomic E-state index is 0.459. The number of nitrogens with one attached hydrogen (secondary N) is 1. The van der Waals surface area contributed by atoms with E-state index in [1.165, 1.54) is 34.1 Å². The number of aryl methyl sites for hydroxylation is 1. The second-order valence-electron chi connectivity index (χ2n) is 4.44. The van der Waals surface area contributed by atoms with Crippen LogP contribution in [-0.4, -0.2) is 0 Å². The third kappa shape index (κ3) is 2.22. The standard InChI is InChI=1S/C15H14BrN/c16-12-7-8-14-11(10-12)6-9-15(14)17-13-4-2-1-3-5-13/h1-5,7-8,10,15,17H,6,9H2. The first-order chi connectivity index (χ1) is 8.33. The van der Waals surface area contributed by atoms with Gasteiger partial charge in [-0.25, -0.2) is 0 Å². The summed E-state index contributed by atoms with van der Waals surface area (Å²) in [6.45, 7) is 0. The second kappa shape index (κ2) is 4.53. The van der Waals surface area contributed by atoms with Gasteiger partial charge in [-0.05, 0) is 48.2 Å². The lowest BCUT2D eigenvalue weighted by Gasteiger charge is -2.15. The predicted octanol–water partition coefficient (Wildman–Crippen LogP) is 4.55. The second-order valence-corrected chi connectivity index (χ2v) is 5.36. The first kappa shape index (κ1) is 10.8. The van der Waals surface area contributed by atoms with Gasteiger partial charge in [0.1, 0.15) is 0 Å². The van der Waals surface area contributed by atoms with Crippen LogP contribution >= 0.6 is 15.9 Å². The number of para-hydroxylation sites is 1. The van der Waals surface area contributed by atoms with Crippen LogP contribution in [0.2, 0.25) is 0 Å². The number of halogens is 1. The summed E-state index contributed by atoms with van der Waals surface area (Å²) in [5, 5.41) is 3.60. The van der Waals surface area contributed by atoms with Crippen LogP contribution in [0.4, 0.5) is 5.69 Å². The zero-order valence-corrected chi connectivity index (χ0v) is 11.1. The number of anilines is 1. The highest BCUT2D eigenvalue weighted by atomic mass is 79.9. The number of hydrogen-bond acceptors (Lipinski definition) is 1. The SMILES string of the molecule is Brc1ccc2c(c1)CCC2Nc1ccccc1. The zero-order chi connectivity index (χ0) is 11.7. The fourth-order valence-electron chi connectivity index (χ4n) is 2.47. The summed E-state index contributed by atoms with van der Waals surface area (Å²) in [7, 11) is 0. The van der Waals surface area contributed by atoms with Gasteiger partial charge in [-0.3, -0.25) is 0 Å². The van der Waals surface area contributed by atoms with E-state index < -0.39 is 0 Å². The average molecular weight is 288 g/mol. The lowest BCUT2D eigenvalue weighted by molar-refractivity contribution is 0.762. The van der Waals surface area contributed by atoms with Gasteiger partial charge in [0.2, 0.25) is 0 Å². The number of rotatable bonds is 2. The summed E-state index contributed by atoms with van der Waals surface area (Å²) in [5.41, 5.74) is 4.11. The highest BCUT2D eigenvalue weighted by Crippen LogP contribution is 2.35. The molecular formula is C15H14BrN. The molecule has 0 amide bonds. The maximum atomic E-state index is 3.60. The Labute approximate surface area is 110 Å². The van der Waals surface area contributed by atoms with E-state index in [1.54, 1.807) is 0 Å². The molecule has 0 saturated heterocycles. The van der Waals surface area contributed by atoms with E-state index >= 15 is 0 Å². The van der Waals surface area contributed by atoms with Crippen molar-refractivity contribution in [1.82, 2.24) is 0 Å². The molecule has 2 aromatic rings. The van der Waals surface area contributed by atoms with Crippen molar-refractivity contribution in [1.29, 1.82) is 0 Å². The van der Waals surface area contributed by atoms with Crippen molar-refractivity contribution >= 4 is 21.6 Å². The van der Waals surface area contributed by atoms with Gasteiger partial charge in [0.15, 0.2) is 0 Å². The molecule has 2 aromatic carbocycles. The number of benzene rings is 2. The van der Waals surface area contributed by atoms with Crippen molar-refractivity contribution in [3.8, 4) is 0 Å². The lowest BCUT2D eigenvalue weighted by atomic mass is 10.1. The molecule has 0 aliphatic heterocycles. The van der Waals surface area contributed by atoms with Gasteiger partial charge in [0.05, 0.1) is 6.04 Å². The van der Waals surface area contributed by atoms with Gasteiger partial charge in [0.25, 0.3) is 0 Å². The Morgan fingerprint density at radius 2 is 1.88 bits per heavy atom. The largest absolute Gasteiger partial charge is 0.378 e. The van der Waals surface area contributed by atoms with Crippen molar-refractivity contribution in [3.63, 3.8) is 0 Å². The summed E-state index contributed by atoms with van der Waals surface area (Å²) < 4.78 is 1.18. The molecule has 1 atom stereocenters. The van der Waals surface area contributed by atoms with Crippen molar-refractivity contribution < 1.29 is 0 Å². The Kier molecular flexibility index (Phi) is 2.89. The molecule has 0 aromatic heterocycles. The van der Waals surface area contributed by atoms with Gasteiger partial charge in [-0.1, -0.05) is 40.2 Å². The van der Waals surface area contributed by atoms with Gasteiger partial charge in [-0.15, -0.1) is 0 Å². The monoisotopic (exact) mass is 287 g/mol. The van der Waals surface area contributed by atoms with E-state index in [-0.39, 0.29) is 0 Å². The third-order valence-electron chi connectivity index (χ3n) is 3.30. The van der Waals surface area contributed by atoms with Crippen LogP contribution in [0.1, 0.15) is 23.6 Å². The molecule has 1 N–H and O–H groups in total. The summed E-state index contributed by atoms with van der Waals surface area (Å²) in [5.74, 6) is 0. The average Bonchev–Trinajstić information content (AvgIpc) is 2.73. The van der Waals surface area contributed by atoms with E-state index in [9.17, 15) is 0 Å². The minimum Gasteiger partial charge on any atom is -0.378 e. The van der Waals surface area contributed by atoms with E-state index in [1.807, 2.05) is 6.07 Å². The predicted molar refractivity (Wildman–Crippen MR) is 75.3 cm³/mol. The molecule has 0 spiro atoms. The third-order valence-corrected chi connectivity index (χ3v) is 3.79. The lowest BCUT2D eigenvalue weighted by Crippen LogP contribution is -2.06. The molecule has 2 heteroatoms. The molecule has 0 bridgehead atoms. The van der Waals surface area contributed by atoms with Crippen LogP contribution in [0.5, 0.6) is 0 Å². The Balaban J connectivity index is 1.85. The molecule has 3 rings (SSSR count). The van der Waals surface area contributed by atoms with Crippen LogP contribution in [0.3, 0.4) is 0 Å². The maximum absolute atomic E-state index is 3.60. The molecule has 1 aliphatic carbocycles. The molecule has 1 unspecified atom stereocenters. The summed E-state index contributed by atoms with van der Waals surface area (Å²) in [4.78, 5) is 0. The van der Waals surface area contributed by atoms with Crippen LogP contribution < -0.4 is 5.32 Å². The van der Waals surface area contributed by atoms with Crippen molar-refractivity contribution in [2.24, 2.45) is 0 Å². The van der Waals surface area contributed by atoms with Gasteiger partial charge in [0, 0.05) is 10.2 Å². The number of fused-ring (bicyclic) bond motifs is 1. The highest BCUT2D eigenvalue weighted by Gasteiger charge is 2.21. The van der Waals surface area contributed by atoms with Gasteiger partial charge >= 0.3 is 0 Å². The maximum Gasteiger partial charge on any atom is 0.0519 e.